The lowest BCUT2D eigenvalue weighted by molar-refractivity contribution is 0.647. The molecule has 1 aliphatic rings. The molecule has 1 aliphatic heterocycles. The van der Waals surface area contributed by atoms with Gasteiger partial charge in [-0.15, -0.1) is 0 Å². The summed E-state index contributed by atoms with van der Waals surface area (Å²) >= 11 is 0. The van der Waals surface area contributed by atoms with Gasteiger partial charge in [0.25, 0.3) is 0 Å². The zero-order valence-electron chi connectivity index (χ0n) is 9.24. The molecule has 0 amide bonds. The number of nitrogens with zero attached hydrogens (tertiary/aromatic N) is 1. The first kappa shape index (κ1) is 10.2. The third-order valence-corrected chi connectivity index (χ3v) is 2.90. The van der Waals surface area contributed by atoms with E-state index in [0.717, 1.165) is 25.9 Å². The largest absolute Gasteiger partial charge is 0.372 e. The van der Waals surface area contributed by atoms with Gasteiger partial charge in [-0.1, -0.05) is 37.3 Å². The molecular weight excluding hydrogens is 184 g/mol. The molecular formula is C13H18N2. The summed E-state index contributed by atoms with van der Waals surface area (Å²) in [5.74, 6) is 1.77. The molecule has 1 heterocycles. The molecule has 1 N–H and O–H groups in total. The van der Waals surface area contributed by atoms with Crippen LogP contribution in [0.1, 0.15) is 18.9 Å². The molecule has 0 spiro atoms. The fourth-order valence-electron chi connectivity index (χ4n) is 2.02. The van der Waals surface area contributed by atoms with E-state index in [-0.39, 0.29) is 0 Å². The number of benzene rings is 1. The average Bonchev–Trinajstić information content (AvgIpc) is 2.81. The fourth-order valence-corrected chi connectivity index (χ4v) is 2.02. The number of rotatable bonds is 4. The zero-order chi connectivity index (χ0) is 10.5. The Morgan fingerprint density at radius 2 is 2.13 bits per heavy atom. The fraction of sp³-hybridized carbons (Fsp3) is 0.462. The minimum Gasteiger partial charge on any atom is -0.372 e. The van der Waals surface area contributed by atoms with Gasteiger partial charge in [-0.25, -0.2) is 0 Å². The van der Waals surface area contributed by atoms with E-state index >= 15 is 0 Å². The summed E-state index contributed by atoms with van der Waals surface area (Å²) in [6, 6.07) is 10.7. The summed E-state index contributed by atoms with van der Waals surface area (Å²) in [6.45, 7) is 4.19. The maximum absolute atomic E-state index is 4.51. The highest BCUT2D eigenvalue weighted by molar-refractivity contribution is 5.86. The van der Waals surface area contributed by atoms with Crippen molar-refractivity contribution in [2.75, 3.05) is 13.1 Å². The molecule has 0 aromatic heterocycles. The number of hydrogen-bond acceptors (Lipinski definition) is 2. The third kappa shape index (κ3) is 2.58. The molecule has 0 radical (unpaired) electrons. The molecule has 0 aliphatic carbocycles. The molecule has 2 nitrogen and oxygen atoms in total. The van der Waals surface area contributed by atoms with Gasteiger partial charge in [-0.2, -0.15) is 0 Å². The summed E-state index contributed by atoms with van der Waals surface area (Å²) in [4.78, 5) is 4.51. The van der Waals surface area contributed by atoms with Gasteiger partial charge in [0.2, 0.25) is 0 Å². The van der Waals surface area contributed by atoms with Gasteiger partial charge in [0, 0.05) is 12.5 Å². The Labute approximate surface area is 91.4 Å². The summed E-state index contributed by atoms with van der Waals surface area (Å²) in [7, 11) is 0. The lowest BCUT2D eigenvalue weighted by Crippen LogP contribution is -2.28. The maximum atomic E-state index is 4.51. The van der Waals surface area contributed by atoms with Crippen LogP contribution < -0.4 is 5.32 Å². The lowest BCUT2D eigenvalue weighted by Gasteiger charge is -2.15. The van der Waals surface area contributed by atoms with Crippen LogP contribution in [0.3, 0.4) is 0 Å². The molecule has 2 rings (SSSR count). The van der Waals surface area contributed by atoms with Crippen LogP contribution in [0.4, 0.5) is 0 Å². The Hall–Kier alpha value is -1.31. The summed E-state index contributed by atoms with van der Waals surface area (Å²) in [6.07, 6.45) is 2.25. The Morgan fingerprint density at radius 1 is 1.33 bits per heavy atom. The first-order valence-corrected chi connectivity index (χ1v) is 5.72. The third-order valence-electron chi connectivity index (χ3n) is 2.90. The van der Waals surface area contributed by atoms with Gasteiger partial charge in [0.05, 0.1) is 12.4 Å². The van der Waals surface area contributed by atoms with Crippen molar-refractivity contribution in [2.45, 2.75) is 19.8 Å². The van der Waals surface area contributed by atoms with Crippen molar-refractivity contribution in [3.05, 3.63) is 35.9 Å². The normalized spacial score (nSPS) is 17.0. The minimum absolute atomic E-state index is 0.565. The van der Waals surface area contributed by atoms with Crippen molar-refractivity contribution < 1.29 is 0 Å². The van der Waals surface area contributed by atoms with Crippen LogP contribution in [-0.4, -0.2) is 18.9 Å². The van der Waals surface area contributed by atoms with Gasteiger partial charge in [0.15, 0.2) is 0 Å². The molecule has 1 aromatic rings. The first-order chi connectivity index (χ1) is 7.40. The van der Waals surface area contributed by atoms with E-state index in [0.29, 0.717) is 5.92 Å². The zero-order valence-corrected chi connectivity index (χ0v) is 9.24. The predicted molar refractivity (Wildman–Crippen MR) is 64.2 cm³/mol. The highest BCUT2D eigenvalue weighted by atomic mass is 15.1. The summed E-state index contributed by atoms with van der Waals surface area (Å²) < 4.78 is 0. The van der Waals surface area contributed by atoms with Gasteiger partial charge < -0.3 is 5.32 Å². The Bertz CT molecular complexity index is 330. The number of nitrogens with one attached hydrogen (secondary N) is 1. The molecule has 80 valence electrons. The second-order valence-corrected chi connectivity index (χ2v) is 3.99. The predicted octanol–water partition coefficient (Wildman–Crippen LogP) is 2.26. The van der Waals surface area contributed by atoms with Crippen LogP contribution in [0.25, 0.3) is 0 Å². The van der Waals surface area contributed by atoms with E-state index < -0.39 is 0 Å². The summed E-state index contributed by atoms with van der Waals surface area (Å²) in [5, 5.41) is 3.38. The molecule has 1 unspecified atom stereocenters. The van der Waals surface area contributed by atoms with E-state index in [1.807, 2.05) is 0 Å². The van der Waals surface area contributed by atoms with Crippen LogP contribution in [0, 0.1) is 5.92 Å². The average molecular weight is 202 g/mol. The van der Waals surface area contributed by atoms with Crippen molar-refractivity contribution in [3.63, 3.8) is 0 Å². The van der Waals surface area contributed by atoms with Crippen LogP contribution in [-0.2, 0) is 6.42 Å². The quantitative estimate of drug-likeness (QED) is 0.795. The van der Waals surface area contributed by atoms with E-state index in [4.69, 9.17) is 0 Å². The first-order valence-electron chi connectivity index (χ1n) is 5.72. The lowest BCUT2D eigenvalue weighted by atomic mass is 9.96. The molecule has 2 heteroatoms. The van der Waals surface area contributed by atoms with Crippen LogP contribution in [0.2, 0.25) is 0 Å². The van der Waals surface area contributed by atoms with Crippen molar-refractivity contribution in [1.82, 2.24) is 5.32 Å². The molecule has 15 heavy (non-hydrogen) atoms. The highest BCUT2D eigenvalue weighted by Gasteiger charge is 2.16. The Balaban J connectivity index is 2.02. The van der Waals surface area contributed by atoms with Crippen molar-refractivity contribution in [2.24, 2.45) is 10.9 Å². The highest BCUT2D eigenvalue weighted by Crippen LogP contribution is 2.14. The van der Waals surface area contributed by atoms with E-state index in [2.05, 4.69) is 47.6 Å². The van der Waals surface area contributed by atoms with Crippen LogP contribution >= 0.6 is 0 Å². The number of hydrogen-bond donors (Lipinski definition) is 1. The van der Waals surface area contributed by atoms with E-state index in [9.17, 15) is 0 Å². The van der Waals surface area contributed by atoms with Gasteiger partial charge in [-0.3, -0.25) is 4.99 Å². The molecule has 0 bridgehead atoms. The SMILES string of the molecule is CCC(Cc1ccccc1)C1=NCCN1. The van der Waals surface area contributed by atoms with E-state index in [1.54, 1.807) is 0 Å². The number of amidine groups is 1. The van der Waals surface area contributed by atoms with Gasteiger partial charge >= 0.3 is 0 Å². The number of aliphatic imine (C=N–C) groups is 1. The second-order valence-electron chi connectivity index (χ2n) is 3.99. The van der Waals surface area contributed by atoms with Crippen LogP contribution in [0.15, 0.2) is 35.3 Å². The van der Waals surface area contributed by atoms with Crippen molar-refractivity contribution in [1.29, 1.82) is 0 Å². The van der Waals surface area contributed by atoms with Crippen molar-refractivity contribution >= 4 is 5.84 Å². The standard InChI is InChI=1S/C13H18N2/c1-2-12(13-14-8-9-15-13)10-11-6-4-3-5-7-11/h3-7,12H,2,8-10H2,1H3,(H,14,15). The van der Waals surface area contributed by atoms with Gasteiger partial charge in [0.1, 0.15) is 0 Å². The molecule has 1 atom stereocenters. The van der Waals surface area contributed by atoms with Crippen LogP contribution in [0.5, 0.6) is 0 Å². The Kier molecular flexibility index (Phi) is 3.38. The van der Waals surface area contributed by atoms with Crippen molar-refractivity contribution in [3.8, 4) is 0 Å². The molecule has 0 saturated carbocycles. The second kappa shape index (κ2) is 4.96. The molecule has 1 aromatic carbocycles. The smallest absolute Gasteiger partial charge is 0.0999 e. The van der Waals surface area contributed by atoms with E-state index in [1.165, 1.54) is 11.4 Å². The minimum atomic E-state index is 0.565. The Morgan fingerprint density at radius 3 is 2.73 bits per heavy atom. The topological polar surface area (TPSA) is 24.4 Å². The monoisotopic (exact) mass is 202 g/mol. The van der Waals surface area contributed by atoms with Gasteiger partial charge in [-0.05, 0) is 18.4 Å². The summed E-state index contributed by atoms with van der Waals surface area (Å²) in [5.41, 5.74) is 1.40. The molecule has 0 fully saturated rings. The molecule has 0 saturated heterocycles. The maximum Gasteiger partial charge on any atom is 0.0999 e.